The molecule has 4 heteroatoms. The van der Waals surface area contributed by atoms with Crippen molar-refractivity contribution in [1.29, 1.82) is 0 Å². The molecule has 1 aliphatic rings. The number of nitrogens with two attached hydrogens (primary N) is 1. The number of benzene rings is 1. The van der Waals surface area contributed by atoms with Crippen molar-refractivity contribution in [2.45, 2.75) is 46.1 Å². The summed E-state index contributed by atoms with van der Waals surface area (Å²) >= 11 is 4.87. The van der Waals surface area contributed by atoms with Gasteiger partial charge < -0.3 is 10.5 Å². The van der Waals surface area contributed by atoms with Crippen molar-refractivity contribution in [2.24, 2.45) is 23.5 Å². The fourth-order valence-corrected chi connectivity index (χ4v) is 3.29. The molecule has 0 bridgehead atoms. The third-order valence-electron chi connectivity index (χ3n) is 4.46. The van der Waals surface area contributed by atoms with Crippen molar-refractivity contribution in [2.75, 3.05) is 0 Å². The maximum absolute atomic E-state index is 14.2. The van der Waals surface area contributed by atoms with Gasteiger partial charge in [-0.2, -0.15) is 0 Å². The van der Waals surface area contributed by atoms with Crippen LogP contribution in [0, 0.1) is 23.6 Å². The van der Waals surface area contributed by atoms with Gasteiger partial charge in [-0.1, -0.05) is 39.4 Å². The number of hydrogen-bond acceptors (Lipinski definition) is 2. The van der Waals surface area contributed by atoms with Crippen LogP contribution < -0.4 is 10.5 Å². The predicted octanol–water partition coefficient (Wildman–Crippen LogP) is 4.30. The highest BCUT2D eigenvalue weighted by Crippen LogP contribution is 2.36. The molecule has 1 saturated carbocycles. The molecule has 3 atom stereocenters. The Kier molecular flexibility index (Phi) is 5.20. The van der Waals surface area contributed by atoms with Crippen LogP contribution in [0.4, 0.5) is 4.39 Å². The Morgan fingerprint density at radius 3 is 2.67 bits per heavy atom. The highest BCUT2D eigenvalue weighted by Gasteiger charge is 2.32. The number of ether oxygens (including phenoxy) is 1. The molecule has 1 aromatic rings. The first-order valence-corrected chi connectivity index (χ1v) is 8.05. The van der Waals surface area contributed by atoms with Gasteiger partial charge in [-0.15, -0.1) is 0 Å². The normalized spacial score (nSPS) is 25.9. The average Bonchev–Trinajstić information content (AvgIpc) is 2.40. The highest BCUT2D eigenvalue weighted by molar-refractivity contribution is 7.80. The Bertz CT molecular complexity index is 518. The first-order chi connectivity index (χ1) is 9.88. The highest BCUT2D eigenvalue weighted by atomic mass is 32.1. The van der Waals surface area contributed by atoms with Crippen LogP contribution in [0.15, 0.2) is 18.2 Å². The van der Waals surface area contributed by atoms with Gasteiger partial charge in [0.1, 0.15) is 11.1 Å². The quantitative estimate of drug-likeness (QED) is 0.842. The summed E-state index contributed by atoms with van der Waals surface area (Å²) in [6.45, 7) is 6.66. The molecule has 3 unspecified atom stereocenters. The van der Waals surface area contributed by atoms with Crippen LogP contribution >= 0.6 is 12.2 Å². The molecule has 0 aliphatic heterocycles. The van der Waals surface area contributed by atoms with E-state index in [4.69, 9.17) is 22.7 Å². The molecule has 0 radical (unpaired) electrons. The van der Waals surface area contributed by atoms with Crippen LogP contribution in [0.25, 0.3) is 0 Å². The SMILES string of the molecule is CC1CCC(C(C)C)C(Oc2ccc(C(N)=S)cc2F)C1. The molecule has 116 valence electrons. The van der Waals surface area contributed by atoms with E-state index in [0.717, 1.165) is 12.8 Å². The second kappa shape index (κ2) is 6.73. The van der Waals surface area contributed by atoms with Gasteiger partial charge >= 0.3 is 0 Å². The van der Waals surface area contributed by atoms with Crippen molar-refractivity contribution in [3.05, 3.63) is 29.6 Å². The summed E-state index contributed by atoms with van der Waals surface area (Å²) in [5.41, 5.74) is 6.06. The molecule has 1 fully saturated rings. The third-order valence-corrected chi connectivity index (χ3v) is 4.69. The lowest BCUT2D eigenvalue weighted by Crippen LogP contribution is -2.36. The van der Waals surface area contributed by atoms with Crippen molar-refractivity contribution >= 4 is 17.2 Å². The van der Waals surface area contributed by atoms with E-state index in [-0.39, 0.29) is 16.9 Å². The molecule has 1 aromatic carbocycles. The van der Waals surface area contributed by atoms with Gasteiger partial charge in [0, 0.05) is 5.56 Å². The summed E-state index contributed by atoms with van der Waals surface area (Å²) in [6, 6.07) is 4.71. The van der Waals surface area contributed by atoms with E-state index in [1.807, 2.05) is 0 Å². The number of hydrogen-bond donors (Lipinski definition) is 1. The summed E-state index contributed by atoms with van der Waals surface area (Å²) in [6.07, 6.45) is 3.44. The Morgan fingerprint density at radius 1 is 1.38 bits per heavy atom. The van der Waals surface area contributed by atoms with E-state index >= 15 is 0 Å². The topological polar surface area (TPSA) is 35.2 Å². The molecular weight excluding hydrogens is 285 g/mol. The minimum Gasteiger partial charge on any atom is -0.487 e. The van der Waals surface area contributed by atoms with Gasteiger partial charge in [-0.25, -0.2) is 4.39 Å². The predicted molar refractivity (Wildman–Crippen MR) is 88.0 cm³/mol. The molecule has 0 saturated heterocycles. The van der Waals surface area contributed by atoms with Crippen LogP contribution in [0.2, 0.25) is 0 Å². The lowest BCUT2D eigenvalue weighted by molar-refractivity contribution is 0.0431. The Morgan fingerprint density at radius 2 is 2.10 bits per heavy atom. The van der Waals surface area contributed by atoms with Gasteiger partial charge in [-0.05, 0) is 48.8 Å². The van der Waals surface area contributed by atoms with Crippen molar-refractivity contribution in [1.82, 2.24) is 0 Å². The first kappa shape index (κ1) is 16.2. The molecule has 2 rings (SSSR count). The van der Waals surface area contributed by atoms with Crippen LogP contribution in [-0.2, 0) is 0 Å². The van der Waals surface area contributed by atoms with Crippen molar-refractivity contribution in [3.8, 4) is 5.75 Å². The molecule has 0 amide bonds. The molecular formula is C17H24FNOS. The van der Waals surface area contributed by atoms with Crippen molar-refractivity contribution in [3.63, 3.8) is 0 Å². The molecule has 2 nitrogen and oxygen atoms in total. The zero-order chi connectivity index (χ0) is 15.6. The summed E-state index contributed by atoms with van der Waals surface area (Å²) in [4.78, 5) is 0.201. The van der Waals surface area contributed by atoms with Gasteiger partial charge in [-0.3, -0.25) is 0 Å². The molecule has 21 heavy (non-hydrogen) atoms. The maximum Gasteiger partial charge on any atom is 0.165 e. The van der Waals surface area contributed by atoms with Gasteiger partial charge in [0.25, 0.3) is 0 Å². The molecule has 0 aromatic heterocycles. The maximum atomic E-state index is 14.2. The van der Waals surface area contributed by atoms with E-state index < -0.39 is 0 Å². The number of halogens is 1. The number of rotatable bonds is 4. The fourth-order valence-electron chi connectivity index (χ4n) is 3.16. The fraction of sp³-hybridized carbons (Fsp3) is 0.588. The van der Waals surface area contributed by atoms with E-state index in [9.17, 15) is 4.39 Å². The van der Waals surface area contributed by atoms with E-state index in [0.29, 0.717) is 29.1 Å². The zero-order valence-electron chi connectivity index (χ0n) is 12.9. The summed E-state index contributed by atoms with van der Waals surface area (Å²) in [5.74, 6) is 1.57. The molecule has 1 aliphatic carbocycles. The summed E-state index contributed by atoms with van der Waals surface area (Å²) < 4.78 is 20.2. The number of thiocarbonyl (C=S) groups is 1. The third kappa shape index (κ3) is 3.94. The zero-order valence-corrected chi connectivity index (χ0v) is 13.8. The first-order valence-electron chi connectivity index (χ1n) is 7.64. The molecule has 0 spiro atoms. The van der Waals surface area contributed by atoms with Crippen molar-refractivity contribution < 1.29 is 9.13 Å². The summed E-state index contributed by atoms with van der Waals surface area (Å²) in [5, 5.41) is 0. The standard InChI is InChI=1S/C17H24FNOS/c1-10(2)13-6-4-11(3)8-16(13)20-15-7-5-12(17(19)21)9-14(15)18/h5,7,9-11,13,16H,4,6,8H2,1-3H3,(H2,19,21). The Hall–Kier alpha value is -1.16. The lowest BCUT2D eigenvalue weighted by atomic mass is 9.75. The van der Waals surface area contributed by atoms with Gasteiger partial charge in [0.2, 0.25) is 0 Å². The monoisotopic (exact) mass is 309 g/mol. The van der Waals surface area contributed by atoms with Gasteiger partial charge in [0.05, 0.1) is 0 Å². The van der Waals surface area contributed by atoms with E-state index in [1.54, 1.807) is 12.1 Å². The van der Waals surface area contributed by atoms with Crippen LogP contribution in [0.5, 0.6) is 5.75 Å². The van der Waals surface area contributed by atoms with Crippen LogP contribution in [-0.4, -0.2) is 11.1 Å². The van der Waals surface area contributed by atoms with E-state index in [1.165, 1.54) is 12.5 Å². The summed E-state index contributed by atoms with van der Waals surface area (Å²) in [7, 11) is 0. The van der Waals surface area contributed by atoms with Crippen LogP contribution in [0.1, 0.15) is 45.6 Å². The minimum absolute atomic E-state index is 0.0823. The smallest absolute Gasteiger partial charge is 0.165 e. The largest absolute Gasteiger partial charge is 0.487 e. The Balaban J connectivity index is 2.16. The minimum atomic E-state index is -0.388. The lowest BCUT2D eigenvalue weighted by Gasteiger charge is -2.37. The van der Waals surface area contributed by atoms with Crippen LogP contribution in [0.3, 0.4) is 0 Å². The second-order valence-corrected chi connectivity index (χ2v) is 6.93. The Labute approximate surface area is 131 Å². The van der Waals surface area contributed by atoms with Gasteiger partial charge in [0.15, 0.2) is 11.6 Å². The van der Waals surface area contributed by atoms with E-state index in [2.05, 4.69) is 20.8 Å². The average molecular weight is 309 g/mol. The molecule has 0 heterocycles. The molecule has 2 N–H and O–H groups in total. The second-order valence-electron chi connectivity index (χ2n) is 6.49.